The monoisotopic (exact) mass is 339 g/mol. The molecular weight excluding hydrogens is 314 g/mol. The van der Waals surface area contributed by atoms with E-state index in [1.165, 1.54) is 11.1 Å². The van der Waals surface area contributed by atoms with Gasteiger partial charge in [-0.3, -0.25) is 4.98 Å². The molecule has 1 N–H and O–H groups in total. The minimum absolute atomic E-state index is 0.0191. The third kappa shape index (κ3) is 3.90. The van der Waals surface area contributed by atoms with Crippen LogP contribution in [-0.2, 0) is 12.8 Å². The van der Waals surface area contributed by atoms with Gasteiger partial charge in [-0.15, -0.1) is 0 Å². The highest BCUT2D eigenvalue weighted by Crippen LogP contribution is 2.23. The maximum atomic E-state index is 12.7. The van der Waals surface area contributed by atoms with Crippen LogP contribution in [0.1, 0.15) is 25.0 Å². The fraction of sp³-hybridized carbons (Fsp3) is 0.421. The van der Waals surface area contributed by atoms with Crippen molar-refractivity contribution < 1.29 is 4.79 Å². The van der Waals surface area contributed by atoms with E-state index in [2.05, 4.69) is 52.2 Å². The molecule has 1 saturated heterocycles. The van der Waals surface area contributed by atoms with E-state index in [9.17, 15) is 4.79 Å². The Morgan fingerprint density at radius 2 is 1.76 bits per heavy atom. The van der Waals surface area contributed by atoms with Crippen molar-refractivity contribution in [3.8, 4) is 0 Å². The Hall–Kier alpha value is -2.63. The standard InChI is InChI=1S/C19H25N5O/c1-3-15-6-5-7-16(4-2)18(15)22-19(25)24-12-10-23(11-13-24)17-14-20-8-9-21-17/h5-9,14H,3-4,10-13H2,1-2H3,(H,22,25). The van der Waals surface area contributed by atoms with E-state index in [4.69, 9.17) is 0 Å². The van der Waals surface area contributed by atoms with Crippen LogP contribution in [0.25, 0.3) is 0 Å². The maximum absolute atomic E-state index is 12.7. The Morgan fingerprint density at radius 1 is 1.08 bits per heavy atom. The number of aromatic nitrogens is 2. The molecule has 0 spiro atoms. The van der Waals surface area contributed by atoms with Gasteiger partial charge < -0.3 is 15.1 Å². The molecule has 2 heterocycles. The summed E-state index contributed by atoms with van der Waals surface area (Å²) in [6.07, 6.45) is 6.95. The van der Waals surface area contributed by atoms with Crippen LogP contribution in [0.4, 0.5) is 16.3 Å². The number of aryl methyl sites for hydroxylation is 2. The van der Waals surface area contributed by atoms with Crippen molar-refractivity contribution in [2.45, 2.75) is 26.7 Å². The predicted molar refractivity (Wildman–Crippen MR) is 100 cm³/mol. The van der Waals surface area contributed by atoms with Crippen LogP contribution in [0.3, 0.4) is 0 Å². The fourth-order valence-electron chi connectivity index (χ4n) is 3.18. The largest absolute Gasteiger partial charge is 0.352 e. The number of benzene rings is 1. The molecule has 132 valence electrons. The molecule has 0 bridgehead atoms. The molecule has 1 aliphatic rings. The number of para-hydroxylation sites is 1. The van der Waals surface area contributed by atoms with Gasteiger partial charge in [0, 0.05) is 44.3 Å². The summed E-state index contributed by atoms with van der Waals surface area (Å²) < 4.78 is 0. The third-order valence-electron chi connectivity index (χ3n) is 4.67. The second-order valence-electron chi connectivity index (χ2n) is 6.13. The number of urea groups is 1. The maximum Gasteiger partial charge on any atom is 0.321 e. The zero-order valence-electron chi connectivity index (χ0n) is 14.9. The minimum Gasteiger partial charge on any atom is -0.352 e. The molecule has 0 unspecified atom stereocenters. The number of hydrogen-bond acceptors (Lipinski definition) is 4. The molecule has 6 heteroatoms. The van der Waals surface area contributed by atoms with Crippen molar-refractivity contribution in [3.05, 3.63) is 47.9 Å². The van der Waals surface area contributed by atoms with E-state index in [0.717, 1.165) is 37.4 Å². The summed E-state index contributed by atoms with van der Waals surface area (Å²) in [5.74, 6) is 0.868. The first-order valence-corrected chi connectivity index (χ1v) is 8.90. The molecule has 2 aromatic rings. The van der Waals surface area contributed by atoms with Crippen LogP contribution in [-0.4, -0.2) is 47.1 Å². The van der Waals surface area contributed by atoms with Gasteiger partial charge in [0.15, 0.2) is 0 Å². The highest BCUT2D eigenvalue weighted by Gasteiger charge is 2.23. The van der Waals surface area contributed by atoms with E-state index >= 15 is 0 Å². The van der Waals surface area contributed by atoms with E-state index in [1.807, 2.05) is 4.90 Å². The number of carbonyl (C=O) groups is 1. The first-order valence-electron chi connectivity index (χ1n) is 8.90. The Balaban J connectivity index is 1.64. The van der Waals surface area contributed by atoms with E-state index in [1.54, 1.807) is 18.6 Å². The van der Waals surface area contributed by atoms with Crippen LogP contribution >= 0.6 is 0 Å². The van der Waals surface area contributed by atoms with E-state index in [0.29, 0.717) is 13.1 Å². The van der Waals surface area contributed by atoms with Crippen molar-refractivity contribution in [2.24, 2.45) is 0 Å². The van der Waals surface area contributed by atoms with Gasteiger partial charge in [0.05, 0.1) is 6.20 Å². The van der Waals surface area contributed by atoms with E-state index < -0.39 is 0 Å². The fourth-order valence-corrected chi connectivity index (χ4v) is 3.18. The normalized spacial score (nSPS) is 14.5. The SMILES string of the molecule is CCc1cccc(CC)c1NC(=O)N1CCN(c2cnccn2)CC1. The first kappa shape index (κ1) is 17.2. The van der Waals surface area contributed by atoms with Gasteiger partial charge in [-0.25, -0.2) is 9.78 Å². The lowest BCUT2D eigenvalue weighted by Gasteiger charge is -2.35. The van der Waals surface area contributed by atoms with Crippen molar-refractivity contribution in [2.75, 3.05) is 36.4 Å². The Labute approximate surface area is 148 Å². The van der Waals surface area contributed by atoms with E-state index in [-0.39, 0.29) is 6.03 Å². The summed E-state index contributed by atoms with van der Waals surface area (Å²) >= 11 is 0. The molecule has 0 saturated carbocycles. The summed E-state index contributed by atoms with van der Waals surface area (Å²) in [6.45, 7) is 7.12. The molecular formula is C19H25N5O. The third-order valence-corrected chi connectivity index (χ3v) is 4.67. The Kier molecular flexibility index (Phi) is 5.48. The van der Waals surface area contributed by atoms with Crippen LogP contribution < -0.4 is 10.2 Å². The van der Waals surface area contributed by atoms with Crippen molar-refractivity contribution >= 4 is 17.5 Å². The Morgan fingerprint density at radius 3 is 2.32 bits per heavy atom. The first-order chi connectivity index (χ1) is 12.2. The lowest BCUT2D eigenvalue weighted by Crippen LogP contribution is -2.50. The molecule has 0 aliphatic carbocycles. The summed E-state index contributed by atoms with van der Waals surface area (Å²) in [7, 11) is 0. The van der Waals surface area contributed by atoms with Crippen molar-refractivity contribution in [1.82, 2.24) is 14.9 Å². The highest BCUT2D eigenvalue weighted by molar-refractivity contribution is 5.91. The van der Waals surface area contributed by atoms with Crippen molar-refractivity contribution in [3.63, 3.8) is 0 Å². The van der Waals surface area contributed by atoms with Crippen LogP contribution in [0.15, 0.2) is 36.8 Å². The van der Waals surface area contributed by atoms with Crippen LogP contribution in [0.2, 0.25) is 0 Å². The number of carbonyl (C=O) groups excluding carboxylic acids is 1. The molecule has 3 rings (SSSR count). The van der Waals surface area contributed by atoms with Gasteiger partial charge in [0.25, 0.3) is 0 Å². The molecule has 2 amide bonds. The zero-order valence-corrected chi connectivity index (χ0v) is 14.9. The number of hydrogen-bond donors (Lipinski definition) is 1. The molecule has 25 heavy (non-hydrogen) atoms. The lowest BCUT2D eigenvalue weighted by molar-refractivity contribution is 0.208. The van der Waals surface area contributed by atoms with Crippen LogP contribution in [0, 0.1) is 0 Å². The minimum atomic E-state index is -0.0191. The molecule has 1 aromatic carbocycles. The van der Waals surface area contributed by atoms with Crippen LogP contribution in [0.5, 0.6) is 0 Å². The molecule has 1 aliphatic heterocycles. The van der Waals surface area contributed by atoms with Crippen molar-refractivity contribution in [1.29, 1.82) is 0 Å². The van der Waals surface area contributed by atoms with Gasteiger partial charge in [-0.05, 0) is 24.0 Å². The summed E-state index contributed by atoms with van der Waals surface area (Å²) in [5, 5.41) is 3.15. The number of amides is 2. The number of nitrogens with one attached hydrogen (secondary N) is 1. The quantitative estimate of drug-likeness (QED) is 0.930. The van der Waals surface area contributed by atoms with Gasteiger partial charge in [-0.1, -0.05) is 32.0 Å². The molecule has 1 aromatic heterocycles. The average Bonchev–Trinajstić information content (AvgIpc) is 2.69. The van der Waals surface area contributed by atoms with Gasteiger partial charge in [0.1, 0.15) is 5.82 Å². The number of nitrogens with zero attached hydrogens (tertiary/aromatic N) is 4. The summed E-state index contributed by atoms with van der Waals surface area (Å²) in [4.78, 5) is 25.2. The molecule has 6 nitrogen and oxygen atoms in total. The highest BCUT2D eigenvalue weighted by atomic mass is 16.2. The number of anilines is 2. The Bertz CT molecular complexity index is 689. The molecule has 0 radical (unpaired) electrons. The molecule has 0 atom stereocenters. The van der Waals surface area contributed by atoms with Gasteiger partial charge in [-0.2, -0.15) is 0 Å². The predicted octanol–water partition coefficient (Wildman–Crippen LogP) is 2.96. The lowest BCUT2D eigenvalue weighted by atomic mass is 10.0. The number of rotatable bonds is 4. The summed E-state index contributed by atoms with van der Waals surface area (Å²) in [6, 6.07) is 6.21. The topological polar surface area (TPSA) is 61.4 Å². The smallest absolute Gasteiger partial charge is 0.321 e. The van der Waals surface area contributed by atoms with Gasteiger partial charge >= 0.3 is 6.03 Å². The second kappa shape index (κ2) is 7.96. The average molecular weight is 339 g/mol. The summed E-state index contributed by atoms with van der Waals surface area (Å²) in [5.41, 5.74) is 3.35. The second-order valence-corrected chi connectivity index (χ2v) is 6.13. The number of piperazine rings is 1. The van der Waals surface area contributed by atoms with Gasteiger partial charge in [0.2, 0.25) is 0 Å². The molecule has 1 fully saturated rings. The zero-order chi connectivity index (χ0) is 17.6.